The normalized spacial score (nSPS) is 13.1. The number of aryl methyl sites for hydroxylation is 1. The van der Waals surface area contributed by atoms with Gasteiger partial charge in [-0.2, -0.15) is 0 Å². The average Bonchev–Trinajstić information content (AvgIpc) is 2.95. The van der Waals surface area contributed by atoms with E-state index in [1.54, 1.807) is 11.3 Å². The highest BCUT2D eigenvalue weighted by Crippen LogP contribution is 2.32. The van der Waals surface area contributed by atoms with Crippen molar-refractivity contribution < 1.29 is 4.42 Å². The van der Waals surface area contributed by atoms with Crippen LogP contribution in [0.15, 0.2) is 44.6 Å². The Bertz CT molecular complexity index is 701. The van der Waals surface area contributed by atoms with Crippen molar-refractivity contribution in [3.05, 3.63) is 56.4 Å². The lowest BCUT2D eigenvalue weighted by Crippen LogP contribution is -2.09. The summed E-state index contributed by atoms with van der Waals surface area (Å²) in [5, 5.41) is 3.16. The summed E-state index contributed by atoms with van der Waals surface area (Å²) in [4.78, 5) is 1.26. The second-order valence-corrected chi connectivity index (χ2v) is 6.25. The topological polar surface area (TPSA) is 39.2 Å². The first-order chi connectivity index (χ1) is 8.65. The van der Waals surface area contributed by atoms with Gasteiger partial charge in [0.1, 0.15) is 11.3 Å². The minimum absolute atomic E-state index is 0.200. The van der Waals surface area contributed by atoms with E-state index in [9.17, 15) is 0 Å². The van der Waals surface area contributed by atoms with E-state index in [4.69, 9.17) is 10.2 Å². The number of halogens is 1. The van der Waals surface area contributed by atoms with Gasteiger partial charge in [0.05, 0.1) is 10.5 Å². The van der Waals surface area contributed by atoms with Gasteiger partial charge in [-0.25, -0.2) is 0 Å². The van der Waals surface area contributed by atoms with Crippen LogP contribution in [0.3, 0.4) is 0 Å². The Morgan fingerprint density at radius 2 is 2.17 bits per heavy atom. The monoisotopic (exact) mass is 321 g/mol. The second kappa shape index (κ2) is 4.53. The predicted octanol–water partition coefficient (Wildman–Crippen LogP) is 4.61. The Hall–Kier alpha value is -1.10. The van der Waals surface area contributed by atoms with E-state index in [1.165, 1.54) is 4.88 Å². The first-order valence-electron chi connectivity index (χ1n) is 5.64. The van der Waals surface area contributed by atoms with Gasteiger partial charge in [-0.1, -0.05) is 12.1 Å². The van der Waals surface area contributed by atoms with Crippen LogP contribution in [0, 0.1) is 6.92 Å². The largest absolute Gasteiger partial charge is 0.458 e. The van der Waals surface area contributed by atoms with Gasteiger partial charge in [-0.05, 0) is 52.0 Å². The van der Waals surface area contributed by atoms with E-state index in [0.717, 1.165) is 26.8 Å². The fraction of sp³-hybridized carbons (Fsp3) is 0.143. The number of para-hydroxylation sites is 1. The lowest BCUT2D eigenvalue weighted by Gasteiger charge is -2.05. The van der Waals surface area contributed by atoms with E-state index >= 15 is 0 Å². The molecule has 2 N–H and O–H groups in total. The summed E-state index contributed by atoms with van der Waals surface area (Å²) in [7, 11) is 0. The van der Waals surface area contributed by atoms with Crippen LogP contribution in [0.2, 0.25) is 0 Å². The standard InChI is InChI=1S/C14H12BrNOS/c1-8-5-10(7-18-8)13(16)12-6-9-3-2-4-11(15)14(9)17-12/h2-7,13H,16H2,1H3. The number of hydrogen-bond donors (Lipinski definition) is 1. The first-order valence-corrected chi connectivity index (χ1v) is 7.31. The van der Waals surface area contributed by atoms with Crippen LogP contribution in [0.4, 0.5) is 0 Å². The SMILES string of the molecule is Cc1cc(C(N)c2cc3cccc(Br)c3o2)cs1. The van der Waals surface area contributed by atoms with Crippen molar-refractivity contribution in [2.45, 2.75) is 13.0 Å². The molecule has 0 aliphatic heterocycles. The van der Waals surface area contributed by atoms with Crippen LogP contribution < -0.4 is 5.73 Å². The third kappa shape index (κ3) is 2.00. The molecule has 1 unspecified atom stereocenters. The smallest absolute Gasteiger partial charge is 0.148 e. The molecular formula is C14H12BrNOS. The Morgan fingerprint density at radius 3 is 2.83 bits per heavy atom. The molecule has 4 heteroatoms. The molecule has 18 heavy (non-hydrogen) atoms. The van der Waals surface area contributed by atoms with Gasteiger partial charge in [-0.3, -0.25) is 0 Å². The molecule has 0 spiro atoms. The van der Waals surface area contributed by atoms with Gasteiger partial charge < -0.3 is 10.2 Å². The molecule has 0 aliphatic carbocycles. The zero-order valence-corrected chi connectivity index (χ0v) is 12.2. The van der Waals surface area contributed by atoms with Gasteiger partial charge in [0.15, 0.2) is 0 Å². The number of fused-ring (bicyclic) bond motifs is 1. The zero-order valence-electron chi connectivity index (χ0n) is 9.81. The molecule has 0 bridgehead atoms. The summed E-state index contributed by atoms with van der Waals surface area (Å²) in [5.74, 6) is 0.801. The van der Waals surface area contributed by atoms with E-state index < -0.39 is 0 Å². The van der Waals surface area contributed by atoms with Crippen molar-refractivity contribution in [2.24, 2.45) is 5.73 Å². The molecule has 0 saturated carbocycles. The first kappa shape index (κ1) is 12.0. The number of furan rings is 1. The van der Waals surface area contributed by atoms with Crippen LogP contribution in [0.5, 0.6) is 0 Å². The van der Waals surface area contributed by atoms with Crippen molar-refractivity contribution in [3.63, 3.8) is 0 Å². The van der Waals surface area contributed by atoms with Gasteiger partial charge in [0.2, 0.25) is 0 Å². The Labute approximate surface area is 118 Å². The van der Waals surface area contributed by atoms with Crippen molar-refractivity contribution in [2.75, 3.05) is 0 Å². The van der Waals surface area contributed by atoms with Crippen LogP contribution in [0.1, 0.15) is 22.2 Å². The molecule has 3 rings (SSSR count). The molecule has 0 saturated heterocycles. The second-order valence-electron chi connectivity index (χ2n) is 4.28. The van der Waals surface area contributed by atoms with Gasteiger partial charge >= 0.3 is 0 Å². The molecule has 0 fully saturated rings. The molecule has 1 aromatic carbocycles. The maximum Gasteiger partial charge on any atom is 0.148 e. The molecule has 0 radical (unpaired) electrons. The van der Waals surface area contributed by atoms with Crippen molar-refractivity contribution in [3.8, 4) is 0 Å². The molecule has 0 aliphatic rings. The van der Waals surface area contributed by atoms with Crippen LogP contribution in [-0.4, -0.2) is 0 Å². The molecular weight excluding hydrogens is 310 g/mol. The fourth-order valence-electron chi connectivity index (χ4n) is 1.99. The Kier molecular flexibility index (Phi) is 3.01. The molecule has 2 heterocycles. The quantitative estimate of drug-likeness (QED) is 0.748. The van der Waals surface area contributed by atoms with Crippen molar-refractivity contribution >= 4 is 38.2 Å². The Balaban J connectivity index is 2.06. The van der Waals surface area contributed by atoms with Gasteiger partial charge in [-0.15, -0.1) is 11.3 Å². The maximum absolute atomic E-state index is 6.24. The number of benzene rings is 1. The third-order valence-electron chi connectivity index (χ3n) is 2.93. The molecule has 3 aromatic rings. The van der Waals surface area contributed by atoms with Crippen LogP contribution >= 0.6 is 27.3 Å². The summed E-state index contributed by atoms with van der Waals surface area (Å²) in [6.07, 6.45) is 0. The lowest BCUT2D eigenvalue weighted by atomic mass is 10.1. The summed E-state index contributed by atoms with van der Waals surface area (Å²) < 4.78 is 6.82. The molecule has 2 aromatic heterocycles. The van der Waals surface area contributed by atoms with E-state index in [0.29, 0.717) is 0 Å². The Morgan fingerprint density at radius 1 is 1.33 bits per heavy atom. The van der Waals surface area contributed by atoms with E-state index in [-0.39, 0.29) is 6.04 Å². The number of thiophene rings is 1. The summed E-state index contributed by atoms with van der Waals surface area (Å²) >= 11 is 5.19. The number of nitrogens with two attached hydrogens (primary N) is 1. The summed E-state index contributed by atoms with van der Waals surface area (Å²) in [6.45, 7) is 2.08. The minimum atomic E-state index is -0.200. The predicted molar refractivity (Wildman–Crippen MR) is 79.0 cm³/mol. The zero-order chi connectivity index (χ0) is 12.7. The molecule has 1 atom stereocenters. The third-order valence-corrected chi connectivity index (χ3v) is 4.44. The molecule has 0 amide bonds. The highest BCUT2D eigenvalue weighted by Gasteiger charge is 2.16. The summed E-state index contributed by atoms with van der Waals surface area (Å²) in [6, 6.07) is 9.91. The highest BCUT2D eigenvalue weighted by molar-refractivity contribution is 9.10. The lowest BCUT2D eigenvalue weighted by molar-refractivity contribution is 0.524. The van der Waals surface area contributed by atoms with E-state index in [2.05, 4.69) is 34.3 Å². The van der Waals surface area contributed by atoms with Crippen molar-refractivity contribution in [1.82, 2.24) is 0 Å². The maximum atomic E-state index is 6.24. The number of rotatable bonds is 2. The summed E-state index contributed by atoms with van der Waals surface area (Å²) in [5.41, 5.74) is 8.20. The minimum Gasteiger partial charge on any atom is -0.458 e. The highest BCUT2D eigenvalue weighted by atomic mass is 79.9. The van der Waals surface area contributed by atoms with Crippen molar-refractivity contribution in [1.29, 1.82) is 0 Å². The van der Waals surface area contributed by atoms with Crippen LogP contribution in [0.25, 0.3) is 11.0 Å². The van der Waals surface area contributed by atoms with Crippen LogP contribution in [-0.2, 0) is 0 Å². The van der Waals surface area contributed by atoms with Gasteiger partial charge in [0, 0.05) is 10.3 Å². The fourth-order valence-corrected chi connectivity index (χ4v) is 3.20. The van der Waals surface area contributed by atoms with Gasteiger partial charge in [0.25, 0.3) is 0 Å². The average molecular weight is 322 g/mol. The molecule has 92 valence electrons. The molecule has 2 nitrogen and oxygen atoms in total. The van der Waals surface area contributed by atoms with E-state index in [1.807, 2.05) is 24.3 Å². The number of hydrogen-bond acceptors (Lipinski definition) is 3.